The third-order valence-electron chi connectivity index (χ3n) is 2.26. The van der Waals surface area contributed by atoms with Gasteiger partial charge in [0.25, 0.3) is 5.69 Å². The second-order valence-corrected chi connectivity index (χ2v) is 3.61. The number of nitro benzene ring substituents is 1. The maximum Gasteiger partial charge on any atom is 0.269 e. The van der Waals surface area contributed by atoms with Crippen LogP contribution >= 0.6 is 0 Å². The Morgan fingerprint density at radius 1 is 1.18 bits per heavy atom. The van der Waals surface area contributed by atoms with Crippen LogP contribution in [0.4, 0.5) is 17.1 Å². The number of anilines is 2. The number of hydrogen-bond acceptors (Lipinski definition) is 4. The molecule has 0 spiro atoms. The van der Waals surface area contributed by atoms with Gasteiger partial charge >= 0.3 is 0 Å². The van der Waals surface area contributed by atoms with E-state index in [1.165, 1.54) is 12.1 Å². The van der Waals surface area contributed by atoms with E-state index in [1.54, 1.807) is 18.3 Å². The van der Waals surface area contributed by atoms with E-state index in [2.05, 4.69) is 10.3 Å². The van der Waals surface area contributed by atoms with Crippen molar-refractivity contribution in [3.8, 4) is 0 Å². The topological polar surface area (TPSA) is 68.1 Å². The zero-order chi connectivity index (χ0) is 12.3. The van der Waals surface area contributed by atoms with Gasteiger partial charge in [-0.2, -0.15) is 0 Å². The summed E-state index contributed by atoms with van der Waals surface area (Å²) in [5.41, 5.74) is 2.71. The fraction of sp³-hybridized carbons (Fsp3) is 0.0833. The summed E-state index contributed by atoms with van der Waals surface area (Å²) in [5.74, 6) is 0. The zero-order valence-corrected chi connectivity index (χ0v) is 9.25. The summed E-state index contributed by atoms with van der Waals surface area (Å²) in [5, 5.41) is 13.6. The smallest absolute Gasteiger partial charge is 0.269 e. The van der Waals surface area contributed by atoms with Crippen molar-refractivity contribution in [2.24, 2.45) is 0 Å². The standard InChI is InChI=1S/C12H11N3O2/c1-9-8-11(6-7-13-9)14-10-2-4-12(5-3-10)15(16)17/h2-8H,1H3,(H,13,14). The molecule has 0 saturated carbocycles. The number of nitrogens with zero attached hydrogens (tertiary/aromatic N) is 2. The maximum atomic E-state index is 10.5. The van der Waals surface area contributed by atoms with Crippen LogP contribution in [0.25, 0.3) is 0 Å². The molecule has 5 heteroatoms. The molecular weight excluding hydrogens is 218 g/mol. The highest BCUT2D eigenvalue weighted by Crippen LogP contribution is 2.19. The van der Waals surface area contributed by atoms with Crippen molar-refractivity contribution in [3.05, 3.63) is 58.4 Å². The molecule has 0 bridgehead atoms. The molecule has 0 fully saturated rings. The van der Waals surface area contributed by atoms with Crippen molar-refractivity contribution in [1.82, 2.24) is 4.98 Å². The number of nitrogens with one attached hydrogen (secondary N) is 1. The zero-order valence-electron chi connectivity index (χ0n) is 9.25. The highest BCUT2D eigenvalue weighted by Gasteiger charge is 2.03. The molecule has 1 heterocycles. The molecule has 2 rings (SSSR count). The number of nitro groups is 1. The van der Waals surface area contributed by atoms with E-state index in [0.717, 1.165) is 17.1 Å². The molecule has 1 N–H and O–H groups in total. The minimum absolute atomic E-state index is 0.0847. The molecule has 0 radical (unpaired) electrons. The molecule has 0 aliphatic heterocycles. The van der Waals surface area contributed by atoms with Gasteiger partial charge in [0, 0.05) is 35.4 Å². The average molecular weight is 229 g/mol. The van der Waals surface area contributed by atoms with Gasteiger partial charge in [-0.05, 0) is 31.2 Å². The fourth-order valence-corrected chi connectivity index (χ4v) is 1.46. The molecular formula is C12H11N3O2. The summed E-state index contributed by atoms with van der Waals surface area (Å²) in [6.07, 6.45) is 1.71. The number of pyridine rings is 1. The van der Waals surface area contributed by atoms with E-state index in [4.69, 9.17) is 0 Å². The Kier molecular flexibility index (Phi) is 3.00. The predicted molar refractivity (Wildman–Crippen MR) is 65.4 cm³/mol. The SMILES string of the molecule is Cc1cc(Nc2ccc([N+](=O)[O-])cc2)ccn1. The first-order valence-electron chi connectivity index (χ1n) is 5.09. The lowest BCUT2D eigenvalue weighted by molar-refractivity contribution is -0.384. The van der Waals surface area contributed by atoms with Crippen LogP contribution in [0.3, 0.4) is 0 Å². The fourth-order valence-electron chi connectivity index (χ4n) is 1.46. The second-order valence-electron chi connectivity index (χ2n) is 3.61. The Bertz CT molecular complexity index is 538. The number of rotatable bonds is 3. The van der Waals surface area contributed by atoms with Crippen LogP contribution in [0.2, 0.25) is 0 Å². The lowest BCUT2D eigenvalue weighted by Crippen LogP contribution is -1.92. The average Bonchev–Trinajstić information content (AvgIpc) is 2.29. The quantitative estimate of drug-likeness (QED) is 0.648. The molecule has 86 valence electrons. The van der Waals surface area contributed by atoms with Gasteiger partial charge in [0.15, 0.2) is 0 Å². The molecule has 17 heavy (non-hydrogen) atoms. The first-order chi connectivity index (χ1) is 8.15. The Morgan fingerprint density at radius 2 is 1.88 bits per heavy atom. The van der Waals surface area contributed by atoms with Crippen molar-refractivity contribution in [3.63, 3.8) is 0 Å². The van der Waals surface area contributed by atoms with Crippen LogP contribution in [-0.4, -0.2) is 9.91 Å². The number of aromatic nitrogens is 1. The number of hydrogen-bond donors (Lipinski definition) is 1. The highest BCUT2D eigenvalue weighted by atomic mass is 16.6. The highest BCUT2D eigenvalue weighted by molar-refractivity contribution is 5.60. The summed E-state index contributed by atoms with van der Waals surface area (Å²) in [4.78, 5) is 14.2. The van der Waals surface area contributed by atoms with E-state index in [9.17, 15) is 10.1 Å². The van der Waals surface area contributed by atoms with Crippen molar-refractivity contribution in [2.45, 2.75) is 6.92 Å². The van der Waals surface area contributed by atoms with Crippen LogP contribution in [0.5, 0.6) is 0 Å². The molecule has 0 atom stereocenters. The van der Waals surface area contributed by atoms with Crippen LogP contribution in [0, 0.1) is 17.0 Å². The van der Waals surface area contributed by atoms with Crippen molar-refractivity contribution in [1.29, 1.82) is 0 Å². The van der Waals surface area contributed by atoms with E-state index in [1.807, 2.05) is 19.1 Å². The summed E-state index contributed by atoms with van der Waals surface area (Å²) in [7, 11) is 0. The summed E-state index contributed by atoms with van der Waals surface area (Å²) >= 11 is 0. The molecule has 5 nitrogen and oxygen atoms in total. The van der Waals surface area contributed by atoms with Crippen LogP contribution in [-0.2, 0) is 0 Å². The van der Waals surface area contributed by atoms with Crippen LogP contribution in [0.15, 0.2) is 42.6 Å². The van der Waals surface area contributed by atoms with Gasteiger partial charge in [0.05, 0.1) is 4.92 Å². The summed E-state index contributed by atoms with van der Waals surface area (Å²) in [6, 6.07) is 10.0. The second kappa shape index (κ2) is 4.61. The molecule has 2 aromatic rings. The lowest BCUT2D eigenvalue weighted by atomic mass is 10.2. The minimum atomic E-state index is -0.416. The van der Waals surface area contributed by atoms with E-state index in [-0.39, 0.29) is 5.69 Å². The third-order valence-corrected chi connectivity index (χ3v) is 2.26. The first kappa shape index (κ1) is 11.1. The Labute approximate surface area is 98.3 Å². The number of aryl methyl sites for hydroxylation is 1. The molecule has 0 aliphatic rings. The number of non-ortho nitro benzene ring substituents is 1. The van der Waals surface area contributed by atoms with Crippen molar-refractivity contribution < 1.29 is 4.92 Å². The van der Waals surface area contributed by atoms with E-state index < -0.39 is 4.92 Å². The first-order valence-corrected chi connectivity index (χ1v) is 5.09. The van der Waals surface area contributed by atoms with E-state index in [0.29, 0.717) is 0 Å². The van der Waals surface area contributed by atoms with Crippen LogP contribution in [0.1, 0.15) is 5.69 Å². The molecule has 0 saturated heterocycles. The van der Waals surface area contributed by atoms with Crippen LogP contribution < -0.4 is 5.32 Å². The van der Waals surface area contributed by atoms with E-state index >= 15 is 0 Å². The minimum Gasteiger partial charge on any atom is -0.355 e. The number of benzene rings is 1. The monoisotopic (exact) mass is 229 g/mol. The summed E-state index contributed by atoms with van der Waals surface area (Å²) < 4.78 is 0. The predicted octanol–water partition coefficient (Wildman–Crippen LogP) is 3.04. The van der Waals surface area contributed by atoms with Gasteiger partial charge < -0.3 is 5.32 Å². The van der Waals surface area contributed by atoms with Gasteiger partial charge in [-0.3, -0.25) is 15.1 Å². The summed E-state index contributed by atoms with van der Waals surface area (Å²) in [6.45, 7) is 1.90. The molecule has 1 aromatic heterocycles. The van der Waals surface area contributed by atoms with Gasteiger partial charge in [0.2, 0.25) is 0 Å². The lowest BCUT2D eigenvalue weighted by Gasteiger charge is -2.06. The van der Waals surface area contributed by atoms with Gasteiger partial charge in [-0.15, -0.1) is 0 Å². The van der Waals surface area contributed by atoms with Gasteiger partial charge in [-0.25, -0.2) is 0 Å². The molecule has 1 aromatic carbocycles. The Balaban J connectivity index is 2.16. The normalized spacial score (nSPS) is 9.94. The van der Waals surface area contributed by atoms with Crippen molar-refractivity contribution >= 4 is 17.1 Å². The molecule has 0 unspecified atom stereocenters. The third kappa shape index (κ3) is 2.78. The Hall–Kier alpha value is -2.43. The molecule has 0 aliphatic carbocycles. The van der Waals surface area contributed by atoms with Gasteiger partial charge in [0.1, 0.15) is 0 Å². The largest absolute Gasteiger partial charge is 0.355 e. The maximum absolute atomic E-state index is 10.5. The van der Waals surface area contributed by atoms with Gasteiger partial charge in [-0.1, -0.05) is 0 Å². The Morgan fingerprint density at radius 3 is 2.47 bits per heavy atom. The van der Waals surface area contributed by atoms with Crippen molar-refractivity contribution in [2.75, 3.05) is 5.32 Å². The molecule has 0 amide bonds.